The number of nitrogens with zero attached hydrogens (tertiary/aromatic N) is 6. The smallest absolute Gasteiger partial charge is 0.226 e. The predicted octanol–water partition coefficient (Wildman–Crippen LogP) is 3.81. The van der Waals surface area contributed by atoms with Gasteiger partial charge in [0.2, 0.25) is 5.28 Å². The highest BCUT2D eigenvalue weighted by atomic mass is 35.5. The van der Waals surface area contributed by atoms with Crippen molar-refractivity contribution in [3.8, 4) is 0 Å². The van der Waals surface area contributed by atoms with Gasteiger partial charge >= 0.3 is 0 Å². The lowest BCUT2D eigenvalue weighted by molar-refractivity contribution is 0.234. The molecule has 3 aromatic rings. The molecule has 1 N–H and O–H groups in total. The van der Waals surface area contributed by atoms with Crippen molar-refractivity contribution in [2.45, 2.75) is 39.4 Å². The Kier molecular flexibility index (Phi) is 5.61. The normalized spacial score (nSPS) is 18.0. The van der Waals surface area contributed by atoms with E-state index in [2.05, 4.69) is 82.2 Å². The lowest BCUT2D eigenvalue weighted by Gasteiger charge is -2.39. The molecule has 8 heteroatoms. The number of imidazole rings is 1. The van der Waals surface area contributed by atoms with Crippen LogP contribution in [0.2, 0.25) is 5.28 Å². The van der Waals surface area contributed by atoms with Crippen molar-refractivity contribution in [1.29, 1.82) is 0 Å². The summed E-state index contributed by atoms with van der Waals surface area (Å²) < 4.78 is 2.01. The molecule has 3 heterocycles. The Hall–Kier alpha value is -2.38. The third kappa shape index (κ3) is 4.02. The number of benzene rings is 1. The largest absolute Gasteiger partial charge is 0.368 e. The first-order valence-electron chi connectivity index (χ1n) is 10.1. The molecule has 154 valence electrons. The van der Waals surface area contributed by atoms with Crippen LogP contribution in [0.3, 0.4) is 0 Å². The van der Waals surface area contributed by atoms with Crippen LogP contribution in [0, 0.1) is 0 Å². The predicted molar refractivity (Wildman–Crippen MR) is 119 cm³/mol. The summed E-state index contributed by atoms with van der Waals surface area (Å²) >= 11 is 6.21. The van der Waals surface area contributed by atoms with Crippen LogP contribution >= 0.6 is 11.6 Å². The summed E-state index contributed by atoms with van der Waals surface area (Å²) in [6.07, 6.45) is 1.80. The summed E-state index contributed by atoms with van der Waals surface area (Å²) in [5.74, 6) is 0.668. The average Bonchev–Trinajstić information content (AvgIpc) is 3.12. The Morgan fingerprint density at radius 3 is 2.76 bits per heavy atom. The maximum absolute atomic E-state index is 6.21. The Balaban J connectivity index is 1.59. The number of para-hydroxylation sites is 1. The molecule has 1 aromatic carbocycles. The summed E-state index contributed by atoms with van der Waals surface area (Å²) in [6, 6.07) is 9.33. The van der Waals surface area contributed by atoms with E-state index in [1.165, 1.54) is 11.3 Å². The first-order valence-corrected chi connectivity index (χ1v) is 10.5. The van der Waals surface area contributed by atoms with Crippen LogP contribution in [0.5, 0.6) is 0 Å². The Morgan fingerprint density at radius 1 is 1.21 bits per heavy atom. The molecule has 1 saturated heterocycles. The van der Waals surface area contributed by atoms with E-state index in [0.29, 0.717) is 18.4 Å². The van der Waals surface area contributed by atoms with E-state index in [4.69, 9.17) is 11.6 Å². The molecule has 0 saturated carbocycles. The second-order valence-corrected chi connectivity index (χ2v) is 8.36. The molecule has 0 spiro atoms. The number of nitrogens with one attached hydrogen (secondary N) is 1. The third-order valence-electron chi connectivity index (χ3n) is 5.69. The van der Waals surface area contributed by atoms with Crippen LogP contribution in [-0.4, -0.2) is 57.1 Å². The summed E-state index contributed by atoms with van der Waals surface area (Å²) in [5.41, 5.74) is 4.00. The third-order valence-corrected chi connectivity index (χ3v) is 5.86. The molecule has 2 aromatic heterocycles. The molecule has 7 nitrogen and oxygen atoms in total. The van der Waals surface area contributed by atoms with Gasteiger partial charge < -0.3 is 19.7 Å². The van der Waals surface area contributed by atoms with Crippen LogP contribution in [0.25, 0.3) is 11.2 Å². The standard InChI is InChI=1S/C21H28ClN7/c1-14(2)29-13-24-18-19(25-21(22)26-20(18)29)23-11-16-7-5-6-8-17(16)28-10-9-27(4)15(3)12-28/h5-8,13-15H,9-12H2,1-4H3,(H,23,25,26). The van der Waals surface area contributed by atoms with Gasteiger partial charge in [-0.2, -0.15) is 9.97 Å². The zero-order valence-corrected chi connectivity index (χ0v) is 18.2. The number of hydrogen-bond donors (Lipinski definition) is 1. The zero-order chi connectivity index (χ0) is 20.5. The van der Waals surface area contributed by atoms with Crippen LogP contribution in [0.15, 0.2) is 30.6 Å². The van der Waals surface area contributed by atoms with Gasteiger partial charge in [-0.1, -0.05) is 18.2 Å². The minimum absolute atomic E-state index is 0.226. The Morgan fingerprint density at radius 2 is 2.00 bits per heavy atom. The van der Waals surface area contributed by atoms with Gasteiger partial charge in [-0.25, -0.2) is 4.98 Å². The molecule has 0 radical (unpaired) electrons. The van der Waals surface area contributed by atoms with Crippen molar-refractivity contribution < 1.29 is 0 Å². The van der Waals surface area contributed by atoms with E-state index in [-0.39, 0.29) is 11.3 Å². The minimum atomic E-state index is 0.226. The molecule has 1 atom stereocenters. The molecular formula is C21H28ClN7. The molecule has 0 amide bonds. The van der Waals surface area contributed by atoms with Gasteiger partial charge in [-0.15, -0.1) is 0 Å². The number of halogens is 1. The average molecular weight is 414 g/mol. The molecule has 4 rings (SSSR count). The van der Waals surface area contributed by atoms with Gasteiger partial charge in [-0.3, -0.25) is 0 Å². The van der Waals surface area contributed by atoms with Crippen LogP contribution in [-0.2, 0) is 6.54 Å². The Labute approximate surface area is 176 Å². The highest BCUT2D eigenvalue weighted by Crippen LogP contribution is 2.27. The minimum Gasteiger partial charge on any atom is -0.368 e. The maximum Gasteiger partial charge on any atom is 0.226 e. The molecule has 0 bridgehead atoms. The van der Waals surface area contributed by atoms with E-state index in [1.807, 2.05) is 4.57 Å². The monoisotopic (exact) mass is 413 g/mol. The quantitative estimate of drug-likeness (QED) is 0.641. The van der Waals surface area contributed by atoms with Crippen LogP contribution < -0.4 is 10.2 Å². The summed E-state index contributed by atoms with van der Waals surface area (Å²) in [7, 11) is 2.19. The van der Waals surface area contributed by atoms with E-state index >= 15 is 0 Å². The van der Waals surface area contributed by atoms with Crippen LogP contribution in [0.4, 0.5) is 11.5 Å². The summed E-state index contributed by atoms with van der Waals surface area (Å²) in [5, 5.41) is 3.67. The van der Waals surface area contributed by atoms with Crippen molar-refractivity contribution in [2.24, 2.45) is 0 Å². The fourth-order valence-corrected chi connectivity index (χ4v) is 3.97. The number of aromatic nitrogens is 4. The number of likely N-dealkylation sites (N-methyl/N-ethyl adjacent to an activating group) is 1. The summed E-state index contributed by atoms with van der Waals surface area (Å²) in [6.45, 7) is 10.2. The van der Waals surface area contributed by atoms with Crippen molar-refractivity contribution in [3.05, 3.63) is 41.4 Å². The molecule has 1 aliphatic rings. The molecule has 0 aliphatic carbocycles. The van der Waals surface area contributed by atoms with Gasteiger partial charge in [0, 0.05) is 44.0 Å². The van der Waals surface area contributed by atoms with E-state index in [1.54, 1.807) is 6.33 Å². The van der Waals surface area contributed by atoms with E-state index < -0.39 is 0 Å². The first-order chi connectivity index (χ1) is 13.9. The Bertz CT molecular complexity index is 1000. The van der Waals surface area contributed by atoms with Gasteiger partial charge in [0.05, 0.1) is 6.33 Å². The molecule has 1 aliphatic heterocycles. The number of piperazine rings is 1. The molecule has 1 fully saturated rings. The zero-order valence-electron chi connectivity index (χ0n) is 17.4. The van der Waals surface area contributed by atoms with E-state index in [9.17, 15) is 0 Å². The molecule has 29 heavy (non-hydrogen) atoms. The van der Waals surface area contributed by atoms with Gasteiger partial charge in [0.25, 0.3) is 0 Å². The van der Waals surface area contributed by atoms with Crippen LogP contribution in [0.1, 0.15) is 32.4 Å². The SMILES string of the molecule is CC1CN(c2ccccc2CNc2nc(Cl)nc3c2ncn3C(C)C)CCN1C. The fraction of sp³-hybridized carbons (Fsp3) is 0.476. The number of rotatable bonds is 5. The number of fused-ring (bicyclic) bond motifs is 1. The highest BCUT2D eigenvalue weighted by molar-refractivity contribution is 6.28. The topological polar surface area (TPSA) is 62.1 Å². The van der Waals surface area contributed by atoms with Crippen molar-refractivity contribution in [1.82, 2.24) is 24.4 Å². The lowest BCUT2D eigenvalue weighted by Crippen LogP contribution is -2.50. The van der Waals surface area contributed by atoms with Crippen molar-refractivity contribution in [3.63, 3.8) is 0 Å². The van der Waals surface area contributed by atoms with Crippen molar-refractivity contribution >= 4 is 34.3 Å². The molecule has 1 unspecified atom stereocenters. The van der Waals surface area contributed by atoms with Gasteiger partial charge in [0.1, 0.15) is 0 Å². The second-order valence-electron chi connectivity index (χ2n) is 8.02. The van der Waals surface area contributed by atoms with Gasteiger partial charge in [-0.05, 0) is 51.0 Å². The highest BCUT2D eigenvalue weighted by Gasteiger charge is 2.22. The lowest BCUT2D eigenvalue weighted by atomic mass is 10.1. The number of anilines is 2. The maximum atomic E-state index is 6.21. The fourth-order valence-electron chi connectivity index (χ4n) is 3.81. The summed E-state index contributed by atoms with van der Waals surface area (Å²) in [4.78, 5) is 18.2. The molecular weight excluding hydrogens is 386 g/mol. The first kappa shape index (κ1) is 19.9. The second kappa shape index (κ2) is 8.16. The van der Waals surface area contributed by atoms with Gasteiger partial charge in [0.15, 0.2) is 17.0 Å². The number of hydrogen-bond acceptors (Lipinski definition) is 6. The van der Waals surface area contributed by atoms with E-state index in [0.717, 1.165) is 30.8 Å². The van der Waals surface area contributed by atoms with Crippen molar-refractivity contribution in [2.75, 3.05) is 36.9 Å².